The van der Waals surface area contributed by atoms with Crippen molar-refractivity contribution in [3.8, 4) is 0 Å². The highest BCUT2D eigenvalue weighted by atomic mass is 16.3. The first-order valence-corrected chi connectivity index (χ1v) is 5.59. The molecule has 1 aliphatic rings. The van der Waals surface area contributed by atoms with Crippen LogP contribution in [0, 0.1) is 5.92 Å². The van der Waals surface area contributed by atoms with E-state index in [1.165, 1.54) is 12.8 Å². The molecule has 0 spiro atoms. The molecule has 1 rings (SSSR count). The van der Waals surface area contributed by atoms with Gasteiger partial charge in [-0.1, -0.05) is 20.3 Å². The van der Waals surface area contributed by atoms with Gasteiger partial charge in [0.1, 0.15) is 0 Å². The van der Waals surface area contributed by atoms with Crippen LogP contribution in [0.2, 0.25) is 0 Å². The van der Waals surface area contributed by atoms with Gasteiger partial charge in [0, 0.05) is 12.1 Å². The van der Waals surface area contributed by atoms with Crippen LogP contribution in [0.25, 0.3) is 0 Å². The van der Waals surface area contributed by atoms with Crippen LogP contribution < -0.4 is 5.32 Å². The molecule has 4 unspecified atom stereocenters. The van der Waals surface area contributed by atoms with Crippen molar-refractivity contribution >= 4 is 0 Å². The molecule has 2 heteroatoms. The molecule has 78 valence electrons. The second-order valence-electron chi connectivity index (χ2n) is 4.45. The average molecular weight is 185 g/mol. The number of rotatable bonds is 4. The second kappa shape index (κ2) is 4.97. The molecule has 0 aromatic carbocycles. The van der Waals surface area contributed by atoms with Gasteiger partial charge >= 0.3 is 0 Å². The van der Waals surface area contributed by atoms with Crippen LogP contribution in [0.1, 0.15) is 46.5 Å². The summed E-state index contributed by atoms with van der Waals surface area (Å²) in [5.74, 6) is 0.702. The van der Waals surface area contributed by atoms with Crippen LogP contribution in [0.15, 0.2) is 0 Å². The standard InChI is InChI=1S/C11H23NO/c1-4-8(2)9(3)12-10-6-5-7-11(10)13/h8-13H,4-7H2,1-3H3. The third-order valence-electron chi connectivity index (χ3n) is 3.45. The van der Waals surface area contributed by atoms with E-state index in [2.05, 4.69) is 26.1 Å². The molecule has 0 radical (unpaired) electrons. The molecule has 4 atom stereocenters. The van der Waals surface area contributed by atoms with Gasteiger partial charge in [-0.05, 0) is 32.1 Å². The Hall–Kier alpha value is -0.0800. The van der Waals surface area contributed by atoms with E-state index in [0.717, 1.165) is 12.8 Å². The summed E-state index contributed by atoms with van der Waals surface area (Å²) in [6.07, 6.45) is 4.39. The molecular formula is C11H23NO. The zero-order valence-corrected chi connectivity index (χ0v) is 9.09. The summed E-state index contributed by atoms with van der Waals surface area (Å²) >= 11 is 0. The Labute approximate surface area is 81.7 Å². The molecule has 0 aromatic heterocycles. The zero-order chi connectivity index (χ0) is 9.84. The van der Waals surface area contributed by atoms with E-state index in [9.17, 15) is 5.11 Å². The first kappa shape index (κ1) is 11.0. The van der Waals surface area contributed by atoms with Gasteiger partial charge in [-0.3, -0.25) is 0 Å². The molecule has 0 saturated heterocycles. The third kappa shape index (κ3) is 2.96. The van der Waals surface area contributed by atoms with Crippen molar-refractivity contribution < 1.29 is 5.11 Å². The van der Waals surface area contributed by atoms with E-state index < -0.39 is 0 Å². The van der Waals surface area contributed by atoms with Gasteiger partial charge in [0.25, 0.3) is 0 Å². The summed E-state index contributed by atoms with van der Waals surface area (Å²) in [6, 6.07) is 0.881. The quantitative estimate of drug-likeness (QED) is 0.701. The second-order valence-corrected chi connectivity index (χ2v) is 4.45. The zero-order valence-electron chi connectivity index (χ0n) is 9.09. The molecular weight excluding hydrogens is 162 g/mol. The van der Waals surface area contributed by atoms with E-state index in [4.69, 9.17) is 0 Å². The largest absolute Gasteiger partial charge is 0.392 e. The van der Waals surface area contributed by atoms with Gasteiger partial charge in [-0.2, -0.15) is 0 Å². The fourth-order valence-electron chi connectivity index (χ4n) is 1.99. The minimum Gasteiger partial charge on any atom is -0.392 e. The molecule has 0 heterocycles. The van der Waals surface area contributed by atoms with Gasteiger partial charge < -0.3 is 10.4 Å². The smallest absolute Gasteiger partial charge is 0.0693 e. The van der Waals surface area contributed by atoms with Crippen molar-refractivity contribution in [2.24, 2.45) is 5.92 Å². The highest BCUT2D eigenvalue weighted by Crippen LogP contribution is 2.20. The number of aliphatic hydroxyl groups excluding tert-OH is 1. The van der Waals surface area contributed by atoms with Gasteiger partial charge in [-0.15, -0.1) is 0 Å². The Morgan fingerprint density at radius 3 is 2.54 bits per heavy atom. The Balaban J connectivity index is 2.30. The maximum Gasteiger partial charge on any atom is 0.0693 e. The summed E-state index contributed by atoms with van der Waals surface area (Å²) in [7, 11) is 0. The lowest BCUT2D eigenvalue weighted by atomic mass is 9.99. The Kier molecular flexibility index (Phi) is 4.20. The highest BCUT2D eigenvalue weighted by molar-refractivity contribution is 4.85. The Bertz CT molecular complexity index is 149. The van der Waals surface area contributed by atoms with Crippen molar-refractivity contribution in [1.29, 1.82) is 0 Å². The van der Waals surface area contributed by atoms with Crippen LogP contribution in [0.5, 0.6) is 0 Å². The average Bonchev–Trinajstić information content (AvgIpc) is 2.50. The van der Waals surface area contributed by atoms with E-state index in [-0.39, 0.29) is 6.10 Å². The third-order valence-corrected chi connectivity index (χ3v) is 3.45. The van der Waals surface area contributed by atoms with Crippen LogP contribution in [0.4, 0.5) is 0 Å². The summed E-state index contributed by atoms with van der Waals surface area (Å²) < 4.78 is 0. The van der Waals surface area contributed by atoms with Crippen LogP contribution >= 0.6 is 0 Å². The van der Waals surface area contributed by atoms with Crippen molar-refractivity contribution in [3.05, 3.63) is 0 Å². The molecule has 1 fully saturated rings. The molecule has 1 aliphatic carbocycles. The van der Waals surface area contributed by atoms with Gasteiger partial charge in [0.05, 0.1) is 6.10 Å². The molecule has 13 heavy (non-hydrogen) atoms. The number of hydrogen-bond donors (Lipinski definition) is 2. The predicted molar refractivity (Wildman–Crippen MR) is 55.7 cm³/mol. The normalized spacial score (nSPS) is 33.2. The van der Waals surface area contributed by atoms with Crippen LogP contribution in [-0.2, 0) is 0 Å². The van der Waals surface area contributed by atoms with Crippen molar-refractivity contribution in [3.63, 3.8) is 0 Å². The molecule has 0 amide bonds. The van der Waals surface area contributed by atoms with E-state index in [1.807, 2.05) is 0 Å². The van der Waals surface area contributed by atoms with Crippen molar-refractivity contribution in [2.75, 3.05) is 0 Å². The molecule has 1 saturated carbocycles. The monoisotopic (exact) mass is 185 g/mol. The van der Waals surface area contributed by atoms with Gasteiger partial charge in [0.15, 0.2) is 0 Å². The molecule has 0 bridgehead atoms. The summed E-state index contributed by atoms with van der Waals surface area (Å²) in [6.45, 7) is 6.70. The van der Waals surface area contributed by atoms with Crippen molar-refractivity contribution in [1.82, 2.24) is 5.32 Å². The summed E-state index contributed by atoms with van der Waals surface area (Å²) in [5.41, 5.74) is 0. The predicted octanol–water partition coefficient (Wildman–Crippen LogP) is 1.92. The molecule has 2 nitrogen and oxygen atoms in total. The minimum absolute atomic E-state index is 0.105. The first-order chi connectivity index (χ1) is 6.15. The first-order valence-electron chi connectivity index (χ1n) is 5.59. The summed E-state index contributed by atoms with van der Waals surface area (Å²) in [5, 5.41) is 13.2. The maximum absolute atomic E-state index is 9.63. The fourth-order valence-corrected chi connectivity index (χ4v) is 1.99. The SMILES string of the molecule is CCC(C)C(C)NC1CCCC1O. The van der Waals surface area contributed by atoms with Crippen LogP contribution in [-0.4, -0.2) is 23.3 Å². The maximum atomic E-state index is 9.63. The number of aliphatic hydroxyl groups is 1. The minimum atomic E-state index is -0.105. The Morgan fingerprint density at radius 2 is 2.08 bits per heavy atom. The molecule has 2 N–H and O–H groups in total. The van der Waals surface area contributed by atoms with E-state index >= 15 is 0 Å². The highest BCUT2D eigenvalue weighted by Gasteiger charge is 2.26. The van der Waals surface area contributed by atoms with E-state index in [1.54, 1.807) is 0 Å². The lowest BCUT2D eigenvalue weighted by molar-refractivity contribution is 0.138. The van der Waals surface area contributed by atoms with Crippen LogP contribution in [0.3, 0.4) is 0 Å². The topological polar surface area (TPSA) is 32.3 Å². The fraction of sp³-hybridized carbons (Fsp3) is 1.00. The Morgan fingerprint density at radius 1 is 1.38 bits per heavy atom. The molecule has 0 aromatic rings. The van der Waals surface area contributed by atoms with Crippen molar-refractivity contribution in [2.45, 2.75) is 64.6 Å². The van der Waals surface area contributed by atoms with E-state index in [0.29, 0.717) is 18.0 Å². The lowest BCUT2D eigenvalue weighted by Gasteiger charge is -2.26. The number of nitrogens with one attached hydrogen (secondary N) is 1. The lowest BCUT2D eigenvalue weighted by Crippen LogP contribution is -2.43. The van der Waals surface area contributed by atoms with Gasteiger partial charge in [0.2, 0.25) is 0 Å². The summed E-state index contributed by atoms with van der Waals surface area (Å²) in [4.78, 5) is 0. The van der Waals surface area contributed by atoms with Gasteiger partial charge in [-0.25, -0.2) is 0 Å². The number of hydrogen-bond acceptors (Lipinski definition) is 2. The molecule has 0 aliphatic heterocycles.